The molecule has 0 amide bonds. The van der Waals surface area contributed by atoms with Gasteiger partial charge >= 0.3 is 0 Å². The molecule has 0 bridgehead atoms. The lowest BCUT2D eigenvalue weighted by molar-refractivity contribution is 0.232. The third kappa shape index (κ3) is 8.41. The molecule has 1 rings (SSSR count). The molecule has 126 valence electrons. The van der Waals surface area contributed by atoms with Gasteiger partial charge in [-0.1, -0.05) is 13.0 Å². The van der Waals surface area contributed by atoms with Crippen LogP contribution in [0.2, 0.25) is 0 Å². The largest absolute Gasteiger partial charge is 0.475 e. The minimum Gasteiger partial charge on any atom is -0.475 e. The molecule has 0 spiro atoms. The van der Waals surface area contributed by atoms with E-state index in [-0.39, 0.29) is 30.1 Å². The molecule has 6 heteroatoms. The molecule has 1 unspecified atom stereocenters. The number of rotatable bonds is 7. The van der Waals surface area contributed by atoms with Crippen LogP contribution in [0.4, 0.5) is 0 Å². The van der Waals surface area contributed by atoms with Gasteiger partial charge in [0.2, 0.25) is 5.88 Å². The van der Waals surface area contributed by atoms with Crippen LogP contribution >= 0.6 is 24.0 Å². The van der Waals surface area contributed by atoms with E-state index in [4.69, 9.17) is 4.74 Å². The average Bonchev–Trinajstić information content (AvgIpc) is 2.45. The second-order valence-corrected chi connectivity index (χ2v) is 5.32. The van der Waals surface area contributed by atoms with Crippen LogP contribution in [0.15, 0.2) is 23.3 Å². The van der Waals surface area contributed by atoms with Crippen molar-refractivity contribution in [2.75, 3.05) is 6.54 Å². The highest BCUT2D eigenvalue weighted by atomic mass is 127. The fraction of sp³-hybridized carbons (Fsp3) is 0.625. The van der Waals surface area contributed by atoms with Crippen LogP contribution in [0.3, 0.4) is 0 Å². The zero-order chi connectivity index (χ0) is 15.7. The molecule has 5 nitrogen and oxygen atoms in total. The Morgan fingerprint density at radius 1 is 1.27 bits per heavy atom. The van der Waals surface area contributed by atoms with Crippen molar-refractivity contribution >= 4 is 29.9 Å². The number of halogens is 1. The highest BCUT2D eigenvalue weighted by Gasteiger charge is 2.03. The zero-order valence-corrected chi connectivity index (χ0v) is 16.5. The predicted octanol–water partition coefficient (Wildman–Crippen LogP) is 3.34. The van der Waals surface area contributed by atoms with E-state index in [1.165, 1.54) is 0 Å². The van der Waals surface area contributed by atoms with E-state index >= 15 is 0 Å². The molecule has 0 saturated heterocycles. The van der Waals surface area contributed by atoms with Gasteiger partial charge in [0.1, 0.15) is 0 Å². The number of hydrogen-bond acceptors (Lipinski definition) is 3. The van der Waals surface area contributed by atoms with Crippen molar-refractivity contribution in [2.24, 2.45) is 4.99 Å². The molecule has 2 N–H and O–H groups in total. The van der Waals surface area contributed by atoms with Crippen molar-refractivity contribution in [3.63, 3.8) is 0 Å². The molecule has 0 aliphatic carbocycles. The van der Waals surface area contributed by atoms with Crippen molar-refractivity contribution in [2.45, 2.75) is 59.7 Å². The zero-order valence-electron chi connectivity index (χ0n) is 14.2. The Bertz CT molecular complexity index is 434. The first-order valence-corrected chi connectivity index (χ1v) is 7.71. The number of ether oxygens (including phenoxy) is 1. The number of aliphatic imine (C=N–C) groups is 1. The third-order valence-electron chi connectivity index (χ3n) is 2.91. The summed E-state index contributed by atoms with van der Waals surface area (Å²) in [7, 11) is 0. The standard InChI is InChI=1S/C16H28N4O.HI/c1-6-13(5)20-16(17-7-2)19-11-14-8-9-15(18-10-14)21-12(3)4;/h8-10,12-13H,6-7,11H2,1-5H3,(H2,17,19,20);1H. The molecule has 0 aliphatic rings. The van der Waals surface area contributed by atoms with Gasteiger partial charge in [-0.3, -0.25) is 0 Å². The number of nitrogens with one attached hydrogen (secondary N) is 2. The van der Waals surface area contributed by atoms with Gasteiger partial charge in [0.25, 0.3) is 0 Å². The third-order valence-corrected chi connectivity index (χ3v) is 2.91. The summed E-state index contributed by atoms with van der Waals surface area (Å²) in [5.41, 5.74) is 1.06. The van der Waals surface area contributed by atoms with Gasteiger partial charge in [0.05, 0.1) is 12.6 Å². The number of aromatic nitrogens is 1. The topological polar surface area (TPSA) is 58.5 Å². The first-order chi connectivity index (χ1) is 10.0. The minimum atomic E-state index is 0. The van der Waals surface area contributed by atoms with Gasteiger partial charge < -0.3 is 15.4 Å². The lowest BCUT2D eigenvalue weighted by atomic mass is 10.3. The van der Waals surface area contributed by atoms with Crippen LogP contribution in [-0.4, -0.2) is 29.6 Å². The molecule has 0 fully saturated rings. The summed E-state index contributed by atoms with van der Waals surface area (Å²) in [5.74, 6) is 1.50. The van der Waals surface area contributed by atoms with Gasteiger partial charge in [-0.15, -0.1) is 24.0 Å². The fourth-order valence-corrected chi connectivity index (χ4v) is 1.64. The van der Waals surface area contributed by atoms with E-state index in [0.717, 1.165) is 24.5 Å². The van der Waals surface area contributed by atoms with Crippen LogP contribution in [-0.2, 0) is 6.54 Å². The molecular weight excluding hydrogens is 391 g/mol. The summed E-state index contributed by atoms with van der Waals surface area (Å²) in [6, 6.07) is 4.30. The Morgan fingerprint density at radius 2 is 2.00 bits per heavy atom. The number of pyridine rings is 1. The molecule has 1 heterocycles. The van der Waals surface area contributed by atoms with E-state index in [1.54, 1.807) is 0 Å². The predicted molar refractivity (Wildman–Crippen MR) is 103 cm³/mol. The Morgan fingerprint density at radius 3 is 2.50 bits per heavy atom. The smallest absolute Gasteiger partial charge is 0.213 e. The maximum absolute atomic E-state index is 5.53. The molecule has 0 radical (unpaired) electrons. The summed E-state index contributed by atoms with van der Waals surface area (Å²) in [5, 5.41) is 6.62. The van der Waals surface area contributed by atoms with E-state index in [0.29, 0.717) is 18.5 Å². The van der Waals surface area contributed by atoms with Gasteiger partial charge in [0.15, 0.2) is 5.96 Å². The molecule has 1 atom stereocenters. The molecular formula is C16H29IN4O. The lowest BCUT2D eigenvalue weighted by Gasteiger charge is -2.16. The van der Waals surface area contributed by atoms with Crippen molar-refractivity contribution in [1.82, 2.24) is 15.6 Å². The van der Waals surface area contributed by atoms with Crippen LogP contribution in [0.1, 0.15) is 46.6 Å². The van der Waals surface area contributed by atoms with Crippen molar-refractivity contribution in [1.29, 1.82) is 0 Å². The summed E-state index contributed by atoms with van der Waals surface area (Å²) < 4.78 is 5.53. The Kier molecular flexibility index (Phi) is 11.0. The maximum atomic E-state index is 5.53. The molecule has 1 aromatic heterocycles. The van der Waals surface area contributed by atoms with Crippen LogP contribution in [0, 0.1) is 0 Å². The van der Waals surface area contributed by atoms with E-state index in [2.05, 4.69) is 41.4 Å². The van der Waals surface area contributed by atoms with Crippen LogP contribution in [0.5, 0.6) is 5.88 Å². The normalized spacial score (nSPS) is 12.5. The number of nitrogens with zero attached hydrogens (tertiary/aromatic N) is 2. The summed E-state index contributed by atoms with van der Waals surface area (Å²) in [4.78, 5) is 8.86. The highest BCUT2D eigenvalue weighted by Crippen LogP contribution is 2.10. The SMILES string of the molecule is CCNC(=NCc1ccc(OC(C)C)nc1)NC(C)CC.I. The molecule has 0 aliphatic heterocycles. The van der Waals surface area contributed by atoms with Crippen LogP contribution < -0.4 is 15.4 Å². The first-order valence-electron chi connectivity index (χ1n) is 7.71. The van der Waals surface area contributed by atoms with Gasteiger partial charge in [-0.25, -0.2) is 9.98 Å². The molecule has 0 aromatic carbocycles. The lowest BCUT2D eigenvalue weighted by Crippen LogP contribution is -2.41. The van der Waals surface area contributed by atoms with E-state index in [1.807, 2.05) is 32.2 Å². The average molecular weight is 420 g/mol. The molecule has 1 aromatic rings. The minimum absolute atomic E-state index is 0. The summed E-state index contributed by atoms with van der Waals surface area (Å²) >= 11 is 0. The van der Waals surface area contributed by atoms with E-state index in [9.17, 15) is 0 Å². The second kappa shape index (κ2) is 11.5. The Hall–Kier alpha value is -1.05. The van der Waals surface area contributed by atoms with E-state index < -0.39 is 0 Å². The van der Waals surface area contributed by atoms with Gasteiger partial charge in [-0.2, -0.15) is 0 Å². The number of guanidine groups is 1. The molecule has 0 saturated carbocycles. The van der Waals surface area contributed by atoms with Crippen molar-refractivity contribution in [3.8, 4) is 5.88 Å². The highest BCUT2D eigenvalue weighted by molar-refractivity contribution is 14.0. The molecule has 22 heavy (non-hydrogen) atoms. The Labute approximate surface area is 151 Å². The summed E-state index contributed by atoms with van der Waals surface area (Å²) in [6.45, 7) is 11.8. The van der Waals surface area contributed by atoms with Crippen LogP contribution in [0.25, 0.3) is 0 Å². The second-order valence-electron chi connectivity index (χ2n) is 5.32. The first kappa shape index (κ1) is 20.9. The monoisotopic (exact) mass is 420 g/mol. The Balaban J connectivity index is 0.00000441. The summed E-state index contributed by atoms with van der Waals surface area (Å²) in [6.07, 6.45) is 3.02. The van der Waals surface area contributed by atoms with Crippen molar-refractivity contribution in [3.05, 3.63) is 23.9 Å². The van der Waals surface area contributed by atoms with Crippen molar-refractivity contribution < 1.29 is 4.74 Å². The number of hydrogen-bond donors (Lipinski definition) is 2. The fourth-order valence-electron chi connectivity index (χ4n) is 1.64. The maximum Gasteiger partial charge on any atom is 0.213 e. The van der Waals surface area contributed by atoms with Gasteiger partial charge in [0, 0.05) is 24.8 Å². The van der Waals surface area contributed by atoms with Gasteiger partial charge in [-0.05, 0) is 39.7 Å². The quantitative estimate of drug-likeness (QED) is 0.404.